The molecule has 0 spiro atoms. The Hall–Kier alpha value is -2.76. The van der Waals surface area contributed by atoms with E-state index >= 15 is 0 Å². The number of nitrogens with two attached hydrogens (primary N) is 2. The van der Waals surface area contributed by atoms with Crippen LogP contribution in [0.4, 0.5) is 0 Å². The van der Waals surface area contributed by atoms with Crippen molar-refractivity contribution in [3.8, 4) is 0 Å². The number of carbonyl (C=O) groups excluding carboxylic acids is 1. The van der Waals surface area contributed by atoms with Gasteiger partial charge in [0.25, 0.3) is 0 Å². The Morgan fingerprint density at radius 1 is 1.42 bits per heavy atom. The lowest BCUT2D eigenvalue weighted by molar-refractivity contribution is -0.139. The molecule has 0 saturated carbocycles. The highest BCUT2D eigenvalue weighted by molar-refractivity contribution is 6.06. The first-order valence-corrected chi connectivity index (χ1v) is 8.66. The van der Waals surface area contributed by atoms with Crippen LogP contribution in [-0.2, 0) is 9.53 Å². The number of nitrogens with zero attached hydrogens (tertiary/aromatic N) is 1. The smallest absolute Gasteiger partial charge is 0.310 e. The molecule has 6 heteroatoms. The maximum atomic E-state index is 11.7. The molecule has 140 valence electrons. The minimum Gasteiger partial charge on any atom is -0.469 e. The van der Waals surface area contributed by atoms with Gasteiger partial charge in [-0.05, 0) is 51.0 Å². The van der Waals surface area contributed by atoms with Crippen LogP contribution in [0.3, 0.4) is 0 Å². The van der Waals surface area contributed by atoms with E-state index in [0.29, 0.717) is 5.70 Å². The number of aromatic amines is 1. The molecule has 2 heterocycles. The molecule has 1 atom stereocenters. The minimum absolute atomic E-state index is 0.143. The van der Waals surface area contributed by atoms with Gasteiger partial charge in [0.1, 0.15) is 0 Å². The van der Waals surface area contributed by atoms with E-state index in [-0.39, 0.29) is 18.3 Å². The van der Waals surface area contributed by atoms with Crippen molar-refractivity contribution in [2.24, 2.45) is 22.4 Å². The summed E-state index contributed by atoms with van der Waals surface area (Å²) in [6.07, 6.45) is 4.85. The van der Waals surface area contributed by atoms with Crippen molar-refractivity contribution in [2.75, 3.05) is 7.11 Å². The van der Waals surface area contributed by atoms with Crippen molar-refractivity contribution in [3.63, 3.8) is 0 Å². The number of H-pyrrole nitrogens is 1. The third kappa shape index (κ3) is 4.65. The lowest BCUT2D eigenvalue weighted by atomic mass is 9.97. The van der Waals surface area contributed by atoms with Crippen LogP contribution in [-0.4, -0.2) is 23.8 Å². The first-order chi connectivity index (χ1) is 12.2. The highest BCUT2D eigenvalue weighted by Crippen LogP contribution is 2.31. The number of carbonyl (C=O) groups is 1. The molecule has 1 aromatic heterocycles. The van der Waals surface area contributed by atoms with Crippen LogP contribution in [0.15, 0.2) is 33.7 Å². The van der Waals surface area contributed by atoms with Gasteiger partial charge in [-0.3, -0.25) is 9.79 Å². The van der Waals surface area contributed by atoms with E-state index in [0.717, 1.165) is 46.1 Å². The lowest BCUT2D eigenvalue weighted by Gasteiger charge is -2.08. The van der Waals surface area contributed by atoms with Crippen LogP contribution in [0.1, 0.15) is 50.6 Å². The second-order valence-corrected chi connectivity index (χ2v) is 6.86. The van der Waals surface area contributed by atoms with Gasteiger partial charge in [-0.15, -0.1) is 0 Å². The summed E-state index contributed by atoms with van der Waals surface area (Å²) in [5, 5.41) is 0. The van der Waals surface area contributed by atoms with Gasteiger partial charge in [-0.2, -0.15) is 0 Å². The SMILES string of the molecule is COC(=O)C/C(C1=N/C(=C\c2[nH]c(/C=C(/C)N)cc2C)C(C)C1)=C(\C)N. The number of allylic oxidation sites excluding steroid dienone is 3. The highest BCUT2D eigenvalue weighted by atomic mass is 16.5. The molecule has 1 aliphatic rings. The standard InChI is InChI=1S/C20H28N4O2/c1-11-6-15(8-13(3)21)23-17(11)10-18-12(2)7-19(24-18)16(14(4)22)9-20(25)26-5/h6,8,10,12,23H,7,9,21-22H2,1-5H3/b13-8-,16-14-,18-10-. The van der Waals surface area contributed by atoms with Crippen molar-refractivity contribution in [1.82, 2.24) is 4.98 Å². The Kier molecular flexibility index (Phi) is 6.08. The molecular weight excluding hydrogens is 328 g/mol. The molecule has 0 aliphatic carbocycles. The average molecular weight is 356 g/mol. The molecule has 0 fully saturated rings. The zero-order valence-corrected chi connectivity index (χ0v) is 16.1. The first kappa shape index (κ1) is 19.6. The summed E-state index contributed by atoms with van der Waals surface area (Å²) in [6.45, 7) is 7.81. The second-order valence-electron chi connectivity index (χ2n) is 6.86. The molecule has 5 N–H and O–H groups in total. The van der Waals surface area contributed by atoms with Crippen LogP contribution in [0.25, 0.3) is 12.2 Å². The number of aliphatic imine (C=N–C) groups is 1. The summed E-state index contributed by atoms with van der Waals surface area (Å²) in [5.74, 6) is -0.0682. The van der Waals surface area contributed by atoms with Crippen LogP contribution >= 0.6 is 0 Å². The number of esters is 1. The van der Waals surface area contributed by atoms with E-state index in [2.05, 4.69) is 24.1 Å². The quantitative estimate of drug-likeness (QED) is 0.704. The second kappa shape index (κ2) is 8.08. The number of hydrogen-bond acceptors (Lipinski definition) is 5. The summed E-state index contributed by atoms with van der Waals surface area (Å²) in [5.41, 5.74) is 18.8. The molecule has 1 aromatic rings. The van der Waals surface area contributed by atoms with Crippen LogP contribution < -0.4 is 11.5 Å². The third-order valence-electron chi connectivity index (χ3n) is 4.39. The van der Waals surface area contributed by atoms with Crippen LogP contribution in [0.2, 0.25) is 0 Å². The van der Waals surface area contributed by atoms with Gasteiger partial charge in [0.05, 0.1) is 13.5 Å². The molecule has 2 rings (SSSR count). The van der Waals surface area contributed by atoms with E-state index in [1.807, 2.05) is 19.9 Å². The number of aromatic nitrogens is 1. The maximum absolute atomic E-state index is 11.7. The number of hydrogen-bond donors (Lipinski definition) is 3. The average Bonchev–Trinajstić information content (AvgIpc) is 3.07. The zero-order chi connectivity index (χ0) is 19.4. The molecule has 0 amide bonds. The molecule has 6 nitrogen and oxygen atoms in total. The fourth-order valence-corrected chi connectivity index (χ4v) is 2.98. The summed E-state index contributed by atoms with van der Waals surface area (Å²) < 4.78 is 4.77. The summed E-state index contributed by atoms with van der Waals surface area (Å²) in [7, 11) is 1.37. The van der Waals surface area contributed by atoms with Gasteiger partial charge in [0.15, 0.2) is 0 Å². The number of methoxy groups -OCH3 is 1. The summed E-state index contributed by atoms with van der Waals surface area (Å²) in [4.78, 5) is 19.8. The highest BCUT2D eigenvalue weighted by Gasteiger charge is 2.25. The van der Waals surface area contributed by atoms with E-state index in [1.54, 1.807) is 6.92 Å². The van der Waals surface area contributed by atoms with Crippen molar-refractivity contribution in [2.45, 2.75) is 40.5 Å². The first-order valence-electron chi connectivity index (χ1n) is 8.66. The molecular formula is C20H28N4O2. The van der Waals surface area contributed by atoms with E-state index in [4.69, 9.17) is 21.2 Å². The molecule has 1 aliphatic heterocycles. The van der Waals surface area contributed by atoms with Crippen molar-refractivity contribution in [1.29, 1.82) is 0 Å². The van der Waals surface area contributed by atoms with Crippen LogP contribution in [0, 0.1) is 12.8 Å². The Morgan fingerprint density at radius 3 is 2.69 bits per heavy atom. The normalized spacial score (nSPS) is 20.2. The fraction of sp³-hybridized carbons (Fsp3) is 0.400. The molecule has 1 unspecified atom stereocenters. The van der Waals surface area contributed by atoms with Gasteiger partial charge in [0, 0.05) is 45.7 Å². The van der Waals surface area contributed by atoms with E-state index in [9.17, 15) is 4.79 Å². The maximum Gasteiger partial charge on any atom is 0.310 e. The predicted octanol–water partition coefficient (Wildman–Crippen LogP) is 3.26. The molecule has 26 heavy (non-hydrogen) atoms. The minimum atomic E-state index is -0.314. The Labute approximate surface area is 154 Å². The van der Waals surface area contributed by atoms with Crippen molar-refractivity contribution >= 4 is 23.8 Å². The Balaban J connectivity index is 2.35. The third-order valence-corrected chi connectivity index (χ3v) is 4.39. The van der Waals surface area contributed by atoms with Gasteiger partial charge in [-0.25, -0.2) is 0 Å². The number of ether oxygens (including phenoxy) is 1. The number of nitrogens with one attached hydrogen (secondary N) is 1. The molecule has 0 bridgehead atoms. The molecule has 0 radical (unpaired) electrons. The van der Waals surface area contributed by atoms with Gasteiger partial charge >= 0.3 is 5.97 Å². The number of aryl methyl sites for hydroxylation is 1. The summed E-state index contributed by atoms with van der Waals surface area (Å²) >= 11 is 0. The Bertz CT molecular complexity index is 817. The predicted molar refractivity (Wildman–Crippen MR) is 106 cm³/mol. The van der Waals surface area contributed by atoms with Crippen molar-refractivity contribution < 1.29 is 9.53 Å². The molecule has 0 aromatic carbocycles. The van der Waals surface area contributed by atoms with Crippen molar-refractivity contribution in [3.05, 3.63) is 45.7 Å². The lowest BCUT2D eigenvalue weighted by Crippen LogP contribution is -2.13. The van der Waals surface area contributed by atoms with Gasteiger partial charge in [-0.1, -0.05) is 6.92 Å². The Morgan fingerprint density at radius 2 is 2.12 bits per heavy atom. The van der Waals surface area contributed by atoms with Gasteiger partial charge in [0.2, 0.25) is 0 Å². The molecule has 0 saturated heterocycles. The van der Waals surface area contributed by atoms with Crippen LogP contribution in [0.5, 0.6) is 0 Å². The monoisotopic (exact) mass is 356 g/mol. The summed E-state index contributed by atoms with van der Waals surface area (Å²) in [6, 6.07) is 2.06. The zero-order valence-electron chi connectivity index (χ0n) is 16.1. The topological polar surface area (TPSA) is 106 Å². The fourth-order valence-electron chi connectivity index (χ4n) is 2.98. The van der Waals surface area contributed by atoms with E-state index < -0.39 is 0 Å². The largest absolute Gasteiger partial charge is 0.469 e. The van der Waals surface area contributed by atoms with E-state index in [1.165, 1.54) is 7.11 Å². The number of rotatable bonds is 5. The van der Waals surface area contributed by atoms with Gasteiger partial charge < -0.3 is 21.2 Å².